The molecule has 0 radical (unpaired) electrons. The molecule has 1 saturated heterocycles. The van der Waals surface area contributed by atoms with Crippen LogP contribution in [0.5, 0.6) is 0 Å². The summed E-state index contributed by atoms with van der Waals surface area (Å²) in [6, 6.07) is 12.6. The van der Waals surface area contributed by atoms with Gasteiger partial charge in [-0.3, -0.25) is 4.90 Å². The van der Waals surface area contributed by atoms with E-state index in [0.29, 0.717) is 5.92 Å². The van der Waals surface area contributed by atoms with Gasteiger partial charge in [0.2, 0.25) is 5.95 Å². The van der Waals surface area contributed by atoms with Crippen molar-refractivity contribution < 1.29 is 0 Å². The van der Waals surface area contributed by atoms with Crippen molar-refractivity contribution in [3.8, 4) is 0 Å². The fourth-order valence-electron chi connectivity index (χ4n) is 3.25. The first-order valence-corrected chi connectivity index (χ1v) is 9.33. The summed E-state index contributed by atoms with van der Waals surface area (Å²) in [6.07, 6.45) is 4.81. The maximum atomic E-state index is 4.34. The zero-order valence-corrected chi connectivity index (χ0v) is 15.1. The second-order valence-electron chi connectivity index (χ2n) is 6.73. The lowest BCUT2D eigenvalue weighted by atomic mass is 9.98. The summed E-state index contributed by atoms with van der Waals surface area (Å²) in [5.41, 5.74) is 1.43. The van der Waals surface area contributed by atoms with E-state index in [1.54, 1.807) is 0 Å². The standard InChI is InChI=1S/C20H29N5/c1-18(19-6-3-2-4-7-19)8-11-21-12-13-24-14-16-25(17-15-24)20-22-9-5-10-23-20/h2-7,9-10,18,21H,8,11-17H2,1H3. The van der Waals surface area contributed by atoms with Gasteiger partial charge < -0.3 is 10.2 Å². The summed E-state index contributed by atoms with van der Waals surface area (Å²) in [7, 11) is 0. The Morgan fingerprint density at radius 3 is 2.40 bits per heavy atom. The Hall–Kier alpha value is -1.98. The Balaban J connectivity index is 1.28. The molecule has 0 aliphatic carbocycles. The SMILES string of the molecule is CC(CCNCCN1CCN(c2ncccn2)CC1)c1ccccc1. The highest BCUT2D eigenvalue weighted by Crippen LogP contribution is 2.17. The normalized spacial score (nSPS) is 16.8. The molecule has 25 heavy (non-hydrogen) atoms. The van der Waals surface area contributed by atoms with Gasteiger partial charge in [0.15, 0.2) is 0 Å². The lowest BCUT2D eigenvalue weighted by Gasteiger charge is -2.34. The lowest BCUT2D eigenvalue weighted by molar-refractivity contribution is 0.256. The van der Waals surface area contributed by atoms with E-state index in [1.807, 2.05) is 18.5 Å². The highest BCUT2D eigenvalue weighted by atomic mass is 15.3. The van der Waals surface area contributed by atoms with Gasteiger partial charge in [0.05, 0.1) is 0 Å². The fraction of sp³-hybridized carbons (Fsp3) is 0.500. The second-order valence-corrected chi connectivity index (χ2v) is 6.73. The van der Waals surface area contributed by atoms with Crippen LogP contribution < -0.4 is 10.2 Å². The molecule has 1 aromatic heterocycles. The number of benzene rings is 1. The van der Waals surface area contributed by atoms with Gasteiger partial charge in [-0.15, -0.1) is 0 Å². The van der Waals surface area contributed by atoms with E-state index in [0.717, 1.165) is 51.8 Å². The van der Waals surface area contributed by atoms with Crippen molar-refractivity contribution in [3.63, 3.8) is 0 Å². The molecule has 134 valence electrons. The van der Waals surface area contributed by atoms with E-state index in [2.05, 4.69) is 62.3 Å². The van der Waals surface area contributed by atoms with E-state index < -0.39 is 0 Å². The second kappa shape index (κ2) is 9.49. The highest BCUT2D eigenvalue weighted by molar-refractivity contribution is 5.29. The Kier molecular flexibility index (Phi) is 6.77. The Labute approximate surface area is 151 Å². The van der Waals surface area contributed by atoms with Crippen molar-refractivity contribution in [1.82, 2.24) is 20.2 Å². The molecular formula is C20H29N5. The molecule has 1 aliphatic heterocycles. The van der Waals surface area contributed by atoms with Crippen LogP contribution in [-0.4, -0.2) is 60.7 Å². The van der Waals surface area contributed by atoms with Gasteiger partial charge in [-0.1, -0.05) is 37.3 Å². The minimum Gasteiger partial charge on any atom is -0.338 e. The molecule has 1 unspecified atom stereocenters. The molecule has 0 spiro atoms. The van der Waals surface area contributed by atoms with Crippen LogP contribution in [0, 0.1) is 0 Å². The summed E-state index contributed by atoms with van der Waals surface area (Å²) < 4.78 is 0. The van der Waals surface area contributed by atoms with Crippen LogP contribution in [-0.2, 0) is 0 Å². The van der Waals surface area contributed by atoms with E-state index in [-0.39, 0.29) is 0 Å². The maximum Gasteiger partial charge on any atom is 0.225 e. The number of rotatable bonds is 8. The van der Waals surface area contributed by atoms with E-state index in [1.165, 1.54) is 12.0 Å². The predicted octanol–water partition coefficient (Wildman–Crippen LogP) is 2.38. The molecule has 2 aromatic rings. The van der Waals surface area contributed by atoms with E-state index in [4.69, 9.17) is 0 Å². The van der Waals surface area contributed by atoms with Gasteiger partial charge in [-0.05, 0) is 30.5 Å². The topological polar surface area (TPSA) is 44.3 Å². The van der Waals surface area contributed by atoms with Gasteiger partial charge >= 0.3 is 0 Å². The molecule has 1 atom stereocenters. The number of hydrogen-bond acceptors (Lipinski definition) is 5. The van der Waals surface area contributed by atoms with E-state index in [9.17, 15) is 0 Å². The molecule has 5 nitrogen and oxygen atoms in total. The number of aromatic nitrogens is 2. The van der Waals surface area contributed by atoms with Gasteiger partial charge in [-0.2, -0.15) is 0 Å². The van der Waals surface area contributed by atoms with Crippen LogP contribution in [0.15, 0.2) is 48.8 Å². The van der Waals surface area contributed by atoms with Crippen LogP contribution in [0.2, 0.25) is 0 Å². The summed E-state index contributed by atoms with van der Waals surface area (Å²) in [6.45, 7) is 9.74. The molecule has 0 amide bonds. The van der Waals surface area contributed by atoms with Gasteiger partial charge in [0.1, 0.15) is 0 Å². The maximum absolute atomic E-state index is 4.34. The van der Waals surface area contributed by atoms with Crippen molar-refractivity contribution in [1.29, 1.82) is 0 Å². The van der Waals surface area contributed by atoms with Gasteiger partial charge in [-0.25, -0.2) is 9.97 Å². The van der Waals surface area contributed by atoms with Crippen LogP contribution in [0.25, 0.3) is 0 Å². The Morgan fingerprint density at radius 1 is 0.960 bits per heavy atom. The first-order valence-electron chi connectivity index (χ1n) is 9.33. The monoisotopic (exact) mass is 339 g/mol. The summed E-state index contributed by atoms with van der Waals surface area (Å²) >= 11 is 0. The average Bonchev–Trinajstić information content (AvgIpc) is 2.69. The van der Waals surface area contributed by atoms with Crippen molar-refractivity contribution in [2.45, 2.75) is 19.3 Å². The van der Waals surface area contributed by atoms with Crippen LogP contribution in [0.1, 0.15) is 24.8 Å². The zero-order valence-electron chi connectivity index (χ0n) is 15.1. The fourth-order valence-corrected chi connectivity index (χ4v) is 3.25. The number of hydrogen-bond donors (Lipinski definition) is 1. The summed E-state index contributed by atoms with van der Waals surface area (Å²) in [5.74, 6) is 1.47. The molecule has 5 heteroatoms. The Bertz CT molecular complexity index is 596. The van der Waals surface area contributed by atoms with Crippen molar-refractivity contribution in [2.75, 3.05) is 50.7 Å². The molecular weight excluding hydrogens is 310 g/mol. The molecule has 1 aliphatic rings. The third kappa shape index (κ3) is 5.51. The molecule has 1 aromatic carbocycles. The number of nitrogens with zero attached hydrogens (tertiary/aromatic N) is 4. The molecule has 2 heterocycles. The number of piperazine rings is 1. The molecule has 1 fully saturated rings. The molecule has 0 bridgehead atoms. The highest BCUT2D eigenvalue weighted by Gasteiger charge is 2.18. The number of anilines is 1. The first kappa shape index (κ1) is 17.8. The largest absolute Gasteiger partial charge is 0.338 e. The van der Waals surface area contributed by atoms with Gasteiger partial charge in [0, 0.05) is 51.7 Å². The molecule has 0 saturated carbocycles. The third-order valence-electron chi connectivity index (χ3n) is 4.93. The Morgan fingerprint density at radius 2 is 1.68 bits per heavy atom. The minimum atomic E-state index is 0.614. The third-order valence-corrected chi connectivity index (χ3v) is 4.93. The summed E-state index contributed by atoms with van der Waals surface area (Å²) in [4.78, 5) is 13.5. The van der Waals surface area contributed by atoms with Crippen molar-refractivity contribution in [2.24, 2.45) is 0 Å². The minimum absolute atomic E-state index is 0.614. The molecule has 1 N–H and O–H groups in total. The lowest BCUT2D eigenvalue weighted by Crippen LogP contribution is -2.48. The smallest absolute Gasteiger partial charge is 0.225 e. The van der Waals surface area contributed by atoms with Crippen LogP contribution >= 0.6 is 0 Å². The van der Waals surface area contributed by atoms with Crippen molar-refractivity contribution >= 4 is 5.95 Å². The summed E-state index contributed by atoms with van der Waals surface area (Å²) in [5, 5.41) is 3.60. The zero-order chi connectivity index (χ0) is 17.3. The first-order chi connectivity index (χ1) is 12.3. The number of nitrogens with one attached hydrogen (secondary N) is 1. The predicted molar refractivity (Wildman–Crippen MR) is 103 cm³/mol. The van der Waals surface area contributed by atoms with E-state index >= 15 is 0 Å². The van der Waals surface area contributed by atoms with Gasteiger partial charge in [0.25, 0.3) is 0 Å². The molecule has 3 rings (SSSR count). The van der Waals surface area contributed by atoms with Crippen LogP contribution in [0.3, 0.4) is 0 Å². The van der Waals surface area contributed by atoms with Crippen molar-refractivity contribution in [3.05, 3.63) is 54.4 Å². The average molecular weight is 339 g/mol. The quantitative estimate of drug-likeness (QED) is 0.748. The van der Waals surface area contributed by atoms with Crippen LogP contribution in [0.4, 0.5) is 5.95 Å².